The summed E-state index contributed by atoms with van der Waals surface area (Å²) in [6.07, 6.45) is 1.95. The van der Waals surface area contributed by atoms with Crippen LogP contribution in [0.5, 0.6) is 0 Å². The Kier molecular flexibility index (Phi) is 6.16. The number of ether oxygens (including phenoxy) is 1. The average molecular weight is 325 g/mol. The fourth-order valence-corrected chi connectivity index (χ4v) is 3.56. The molecule has 2 aromatic rings. The summed E-state index contributed by atoms with van der Waals surface area (Å²) < 4.78 is 4.94. The number of nitrogen functional groups attached to an aromatic ring is 1. The summed E-state index contributed by atoms with van der Waals surface area (Å²) in [6, 6.07) is 4.01. The quantitative estimate of drug-likeness (QED) is 0.731. The molecule has 21 heavy (non-hydrogen) atoms. The average Bonchev–Trinajstić information content (AvgIpc) is 3.10. The van der Waals surface area contributed by atoms with E-state index in [1.165, 1.54) is 11.3 Å². The van der Waals surface area contributed by atoms with Crippen molar-refractivity contribution in [2.75, 3.05) is 26.0 Å². The lowest BCUT2D eigenvalue weighted by atomic mass is 10.2. The van der Waals surface area contributed by atoms with Gasteiger partial charge in [-0.1, -0.05) is 6.07 Å². The van der Waals surface area contributed by atoms with Gasteiger partial charge in [-0.3, -0.25) is 4.79 Å². The third-order valence-corrected chi connectivity index (χ3v) is 4.72. The summed E-state index contributed by atoms with van der Waals surface area (Å²) in [4.78, 5) is 18.3. The number of aromatic nitrogens is 1. The molecule has 0 aliphatic rings. The fraction of sp³-hybridized carbons (Fsp3) is 0.429. The van der Waals surface area contributed by atoms with E-state index in [1.807, 2.05) is 17.5 Å². The van der Waals surface area contributed by atoms with Crippen LogP contribution in [-0.4, -0.2) is 31.2 Å². The largest absolute Gasteiger partial charge is 0.385 e. The molecule has 3 N–H and O–H groups in total. The molecule has 7 heteroatoms. The zero-order chi connectivity index (χ0) is 15.1. The van der Waals surface area contributed by atoms with Gasteiger partial charge in [0.25, 0.3) is 0 Å². The Labute approximate surface area is 132 Å². The van der Waals surface area contributed by atoms with Crippen LogP contribution in [0.3, 0.4) is 0 Å². The zero-order valence-corrected chi connectivity index (χ0v) is 13.6. The van der Waals surface area contributed by atoms with Crippen LogP contribution in [0.1, 0.15) is 17.7 Å². The number of carbonyl (C=O) groups is 1. The summed E-state index contributed by atoms with van der Waals surface area (Å²) in [5.41, 5.74) is 6.72. The molecule has 114 valence electrons. The predicted molar refractivity (Wildman–Crippen MR) is 87.7 cm³/mol. The SMILES string of the molecule is COCCCNC(=O)CCc1sc(N)nc1-c1cccs1. The lowest BCUT2D eigenvalue weighted by Crippen LogP contribution is -2.25. The molecule has 0 saturated heterocycles. The van der Waals surface area contributed by atoms with E-state index in [1.54, 1.807) is 18.4 Å². The van der Waals surface area contributed by atoms with Gasteiger partial charge in [0.2, 0.25) is 5.91 Å². The lowest BCUT2D eigenvalue weighted by Gasteiger charge is -2.04. The molecule has 0 aliphatic heterocycles. The van der Waals surface area contributed by atoms with Crippen molar-refractivity contribution >= 4 is 33.7 Å². The number of hydrogen-bond acceptors (Lipinski definition) is 6. The molecule has 2 heterocycles. The van der Waals surface area contributed by atoms with Gasteiger partial charge >= 0.3 is 0 Å². The van der Waals surface area contributed by atoms with Gasteiger partial charge in [-0.05, 0) is 24.3 Å². The molecule has 0 radical (unpaired) electrons. The third-order valence-electron chi connectivity index (χ3n) is 2.89. The molecule has 0 bridgehead atoms. The Morgan fingerprint density at radius 2 is 2.38 bits per heavy atom. The lowest BCUT2D eigenvalue weighted by molar-refractivity contribution is -0.121. The minimum atomic E-state index is 0.0511. The maximum atomic E-state index is 11.8. The van der Waals surface area contributed by atoms with Crippen molar-refractivity contribution in [3.63, 3.8) is 0 Å². The second-order valence-corrected chi connectivity index (χ2v) is 6.56. The van der Waals surface area contributed by atoms with Crippen molar-refractivity contribution in [2.45, 2.75) is 19.3 Å². The number of amides is 1. The number of hydrogen-bond donors (Lipinski definition) is 2. The number of rotatable bonds is 8. The highest BCUT2D eigenvalue weighted by Crippen LogP contribution is 2.33. The molecule has 1 amide bonds. The van der Waals surface area contributed by atoms with Crippen LogP contribution >= 0.6 is 22.7 Å². The first-order valence-electron chi connectivity index (χ1n) is 6.75. The van der Waals surface area contributed by atoms with Crippen molar-refractivity contribution in [3.8, 4) is 10.6 Å². The topological polar surface area (TPSA) is 77.2 Å². The number of nitrogens with zero attached hydrogens (tertiary/aromatic N) is 1. The number of thiophene rings is 1. The van der Waals surface area contributed by atoms with Crippen LogP contribution in [-0.2, 0) is 16.0 Å². The second kappa shape index (κ2) is 8.11. The molecular formula is C14H19N3O2S2. The monoisotopic (exact) mass is 325 g/mol. The molecule has 0 aliphatic carbocycles. The Hall–Kier alpha value is -1.44. The first-order chi connectivity index (χ1) is 10.2. The van der Waals surface area contributed by atoms with E-state index in [4.69, 9.17) is 10.5 Å². The maximum Gasteiger partial charge on any atom is 0.220 e. The van der Waals surface area contributed by atoms with Crippen LogP contribution in [0.25, 0.3) is 10.6 Å². The molecule has 0 fully saturated rings. The Morgan fingerprint density at radius 1 is 1.52 bits per heavy atom. The van der Waals surface area contributed by atoms with Gasteiger partial charge in [0.1, 0.15) is 0 Å². The number of aryl methyl sites for hydroxylation is 1. The standard InChI is InChI=1S/C14H19N3O2S2/c1-19-8-3-7-16-12(18)6-5-11-13(17-14(15)21-11)10-4-2-9-20-10/h2,4,9H,3,5-8H2,1H3,(H2,15,17)(H,16,18). The molecule has 0 saturated carbocycles. The van der Waals surface area contributed by atoms with E-state index in [-0.39, 0.29) is 5.91 Å². The highest BCUT2D eigenvalue weighted by atomic mass is 32.1. The van der Waals surface area contributed by atoms with Crippen LogP contribution in [0, 0.1) is 0 Å². The van der Waals surface area contributed by atoms with E-state index in [9.17, 15) is 4.79 Å². The highest BCUT2D eigenvalue weighted by molar-refractivity contribution is 7.17. The summed E-state index contributed by atoms with van der Waals surface area (Å²) in [5, 5.41) is 5.45. The summed E-state index contributed by atoms with van der Waals surface area (Å²) >= 11 is 3.09. The first-order valence-corrected chi connectivity index (χ1v) is 8.45. The van der Waals surface area contributed by atoms with E-state index < -0.39 is 0 Å². The van der Waals surface area contributed by atoms with Gasteiger partial charge in [0.15, 0.2) is 5.13 Å². The maximum absolute atomic E-state index is 11.8. The number of nitrogens with two attached hydrogens (primary N) is 1. The minimum absolute atomic E-state index is 0.0511. The van der Waals surface area contributed by atoms with Gasteiger partial charge in [-0.2, -0.15) is 0 Å². The van der Waals surface area contributed by atoms with Crippen molar-refractivity contribution < 1.29 is 9.53 Å². The van der Waals surface area contributed by atoms with Gasteiger partial charge in [0, 0.05) is 31.6 Å². The highest BCUT2D eigenvalue weighted by Gasteiger charge is 2.13. The molecule has 0 atom stereocenters. The number of nitrogens with one attached hydrogen (secondary N) is 1. The Bertz CT molecular complexity index is 567. The Morgan fingerprint density at radius 3 is 3.10 bits per heavy atom. The zero-order valence-electron chi connectivity index (χ0n) is 11.9. The van der Waals surface area contributed by atoms with E-state index in [0.29, 0.717) is 31.1 Å². The number of anilines is 1. The molecule has 0 spiro atoms. The van der Waals surface area contributed by atoms with Crippen molar-refractivity contribution in [1.29, 1.82) is 0 Å². The van der Waals surface area contributed by atoms with Gasteiger partial charge in [-0.25, -0.2) is 4.98 Å². The molecule has 0 aromatic carbocycles. The summed E-state index contributed by atoms with van der Waals surface area (Å²) in [6.45, 7) is 1.31. The van der Waals surface area contributed by atoms with Gasteiger partial charge in [0.05, 0.1) is 10.6 Å². The summed E-state index contributed by atoms with van der Waals surface area (Å²) in [7, 11) is 1.65. The minimum Gasteiger partial charge on any atom is -0.385 e. The molecule has 0 unspecified atom stereocenters. The fourth-order valence-electron chi connectivity index (χ4n) is 1.90. The van der Waals surface area contributed by atoms with Crippen molar-refractivity contribution in [3.05, 3.63) is 22.4 Å². The normalized spacial score (nSPS) is 10.7. The van der Waals surface area contributed by atoms with Crippen LogP contribution in [0.2, 0.25) is 0 Å². The number of methoxy groups -OCH3 is 1. The van der Waals surface area contributed by atoms with E-state index in [0.717, 1.165) is 21.9 Å². The predicted octanol–water partition coefficient (Wildman–Crippen LogP) is 2.54. The van der Waals surface area contributed by atoms with Gasteiger partial charge in [-0.15, -0.1) is 22.7 Å². The molecule has 2 aromatic heterocycles. The third kappa shape index (κ3) is 4.80. The second-order valence-electron chi connectivity index (χ2n) is 4.50. The number of carbonyl (C=O) groups excluding carboxylic acids is 1. The van der Waals surface area contributed by atoms with Gasteiger partial charge < -0.3 is 15.8 Å². The Balaban J connectivity index is 1.87. The molecule has 5 nitrogen and oxygen atoms in total. The van der Waals surface area contributed by atoms with Crippen LogP contribution < -0.4 is 11.1 Å². The summed E-state index contributed by atoms with van der Waals surface area (Å²) in [5.74, 6) is 0.0511. The molecular weight excluding hydrogens is 306 g/mol. The van der Waals surface area contributed by atoms with Crippen LogP contribution in [0.15, 0.2) is 17.5 Å². The first kappa shape index (κ1) is 15.9. The number of thiazole rings is 1. The smallest absolute Gasteiger partial charge is 0.220 e. The molecule has 2 rings (SSSR count). The van der Waals surface area contributed by atoms with Crippen molar-refractivity contribution in [2.24, 2.45) is 0 Å². The van der Waals surface area contributed by atoms with E-state index >= 15 is 0 Å². The van der Waals surface area contributed by atoms with Crippen LogP contribution in [0.4, 0.5) is 5.13 Å². The van der Waals surface area contributed by atoms with Crippen molar-refractivity contribution in [1.82, 2.24) is 10.3 Å². The van der Waals surface area contributed by atoms with E-state index in [2.05, 4.69) is 10.3 Å².